The molecule has 6 nitrogen and oxygen atoms in total. The quantitative estimate of drug-likeness (QED) is 0.604. The number of hydrogen-bond acceptors (Lipinski definition) is 4. The molecule has 0 saturated heterocycles. The Morgan fingerprint density at radius 2 is 1.96 bits per heavy atom. The van der Waals surface area contributed by atoms with Crippen molar-refractivity contribution >= 4 is 11.6 Å². The minimum Gasteiger partial charge on any atom is -0.493 e. The minimum atomic E-state index is -0.205. The van der Waals surface area contributed by atoms with Gasteiger partial charge >= 0.3 is 0 Å². The maximum atomic E-state index is 12.5. The van der Waals surface area contributed by atoms with E-state index in [2.05, 4.69) is 17.2 Å². The minimum absolute atomic E-state index is 0.205. The largest absolute Gasteiger partial charge is 0.493 e. The van der Waals surface area contributed by atoms with E-state index in [1.54, 1.807) is 37.8 Å². The van der Waals surface area contributed by atoms with Crippen molar-refractivity contribution in [2.75, 3.05) is 19.0 Å². The molecule has 1 aromatic heterocycles. The van der Waals surface area contributed by atoms with Crippen LogP contribution in [-0.4, -0.2) is 29.2 Å². The molecule has 3 aromatic rings. The van der Waals surface area contributed by atoms with Gasteiger partial charge in [-0.25, -0.2) is 4.98 Å². The molecule has 1 heterocycles. The van der Waals surface area contributed by atoms with Gasteiger partial charge in [-0.15, -0.1) is 0 Å². The predicted molar refractivity (Wildman–Crippen MR) is 105 cm³/mol. The fourth-order valence-electron chi connectivity index (χ4n) is 2.59. The predicted octanol–water partition coefficient (Wildman–Crippen LogP) is 4.31. The highest BCUT2D eigenvalue weighted by Gasteiger charge is 2.11. The summed E-state index contributed by atoms with van der Waals surface area (Å²) in [4.78, 5) is 16.6. The smallest absolute Gasteiger partial charge is 0.255 e. The number of amides is 1. The average Bonchev–Trinajstić information content (AvgIpc) is 3.23. The van der Waals surface area contributed by atoms with Crippen LogP contribution in [0.3, 0.4) is 0 Å². The Labute approximate surface area is 158 Å². The number of unbranched alkanes of at least 4 members (excludes halogenated alkanes) is 1. The van der Waals surface area contributed by atoms with Crippen molar-refractivity contribution in [3.63, 3.8) is 0 Å². The molecule has 0 fully saturated rings. The summed E-state index contributed by atoms with van der Waals surface area (Å²) in [5, 5.41) is 2.89. The molecule has 0 radical (unpaired) electrons. The molecule has 0 atom stereocenters. The van der Waals surface area contributed by atoms with Gasteiger partial charge in [-0.05, 0) is 48.9 Å². The Bertz CT molecular complexity index is 874. The van der Waals surface area contributed by atoms with E-state index in [-0.39, 0.29) is 5.91 Å². The molecule has 27 heavy (non-hydrogen) atoms. The van der Waals surface area contributed by atoms with Crippen molar-refractivity contribution in [2.45, 2.75) is 19.8 Å². The van der Waals surface area contributed by atoms with Crippen molar-refractivity contribution < 1.29 is 14.3 Å². The molecule has 0 unspecified atom stereocenters. The Kier molecular flexibility index (Phi) is 6.10. The normalized spacial score (nSPS) is 10.4. The van der Waals surface area contributed by atoms with Crippen LogP contribution in [0.25, 0.3) is 5.69 Å². The summed E-state index contributed by atoms with van der Waals surface area (Å²) >= 11 is 0. The Morgan fingerprint density at radius 1 is 1.15 bits per heavy atom. The van der Waals surface area contributed by atoms with Crippen molar-refractivity contribution in [3.05, 3.63) is 66.7 Å². The highest BCUT2D eigenvalue weighted by molar-refractivity contribution is 6.04. The van der Waals surface area contributed by atoms with Crippen LogP contribution < -0.4 is 14.8 Å². The third-order valence-corrected chi connectivity index (χ3v) is 4.11. The van der Waals surface area contributed by atoms with Gasteiger partial charge in [0.1, 0.15) is 0 Å². The SMILES string of the molecule is CCCCOc1ccc(C(=O)Nc2ccc(-n3ccnc3)cc2)cc1OC. The van der Waals surface area contributed by atoms with Crippen LogP contribution in [0.15, 0.2) is 61.2 Å². The summed E-state index contributed by atoms with van der Waals surface area (Å²) in [6, 6.07) is 12.7. The Morgan fingerprint density at radius 3 is 2.63 bits per heavy atom. The summed E-state index contributed by atoms with van der Waals surface area (Å²) in [5.74, 6) is 0.991. The van der Waals surface area contributed by atoms with E-state index in [4.69, 9.17) is 9.47 Å². The second kappa shape index (κ2) is 8.89. The number of carbonyl (C=O) groups excluding carboxylic acids is 1. The van der Waals surface area contributed by atoms with E-state index in [1.165, 1.54) is 0 Å². The van der Waals surface area contributed by atoms with Crippen LogP contribution in [0.5, 0.6) is 11.5 Å². The molecule has 1 N–H and O–H groups in total. The molecule has 1 amide bonds. The zero-order valence-corrected chi connectivity index (χ0v) is 15.5. The lowest BCUT2D eigenvalue weighted by molar-refractivity contribution is 0.102. The number of nitrogens with one attached hydrogen (secondary N) is 1. The van der Waals surface area contributed by atoms with Gasteiger partial charge in [0.05, 0.1) is 20.0 Å². The first kappa shape index (κ1) is 18.5. The van der Waals surface area contributed by atoms with Crippen LogP contribution in [0.4, 0.5) is 5.69 Å². The van der Waals surface area contributed by atoms with Gasteiger partial charge in [0.2, 0.25) is 0 Å². The van der Waals surface area contributed by atoms with Gasteiger partial charge in [-0.3, -0.25) is 4.79 Å². The van der Waals surface area contributed by atoms with Crippen molar-refractivity contribution in [3.8, 4) is 17.2 Å². The van der Waals surface area contributed by atoms with Crippen molar-refractivity contribution in [1.82, 2.24) is 9.55 Å². The van der Waals surface area contributed by atoms with Crippen molar-refractivity contribution in [1.29, 1.82) is 0 Å². The summed E-state index contributed by atoms with van der Waals surface area (Å²) < 4.78 is 13.0. The van der Waals surface area contributed by atoms with E-state index < -0.39 is 0 Å². The number of hydrogen-bond donors (Lipinski definition) is 1. The summed E-state index contributed by atoms with van der Waals surface area (Å²) in [7, 11) is 1.57. The van der Waals surface area contributed by atoms with Crippen LogP contribution in [0, 0.1) is 0 Å². The molecule has 0 saturated carbocycles. The zero-order chi connectivity index (χ0) is 19.1. The molecular formula is C21H23N3O3. The Hall–Kier alpha value is -3.28. The second-order valence-corrected chi connectivity index (χ2v) is 6.04. The van der Waals surface area contributed by atoms with Gasteiger partial charge in [-0.1, -0.05) is 13.3 Å². The molecule has 0 aliphatic carbocycles. The standard InChI is InChI=1S/C21H23N3O3/c1-3-4-13-27-19-10-5-16(14-20(19)26-2)21(25)23-17-6-8-18(9-7-17)24-12-11-22-15-24/h5-12,14-15H,3-4,13H2,1-2H3,(H,23,25). The van der Waals surface area contributed by atoms with Crippen LogP contribution in [0.2, 0.25) is 0 Å². The first-order valence-corrected chi connectivity index (χ1v) is 8.92. The summed E-state index contributed by atoms with van der Waals surface area (Å²) in [6.07, 6.45) is 7.34. The summed E-state index contributed by atoms with van der Waals surface area (Å²) in [5.41, 5.74) is 2.19. The van der Waals surface area contributed by atoms with Gasteiger partial charge in [0.25, 0.3) is 5.91 Å². The lowest BCUT2D eigenvalue weighted by Gasteiger charge is -2.12. The third-order valence-electron chi connectivity index (χ3n) is 4.11. The fourth-order valence-corrected chi connectivity index (χ4v) is 2.59. The lowest BCUT2D eigenvalue weighted by Crippen LogP contribution is -2.12. The molecule has 6 heteroatoms. The average molecular weight is 365 g/mol. The highest BCUT2D eigenvalue weighted by atomic mass is 16.5. The molecular weight excluding hydrogens is 342 g/mol. The van der Waals surface area contributed by atoms with Crippen LogP contribution >= 0.6 is 0 Å². The molecule has 2 aromatic carbocycles. The van der Waals surface area contributed by atoms with Crippen LogP contribution in [-0.2, 0) is 0 Å². The summed E-state index contributed by atoms with van der Waals surface area (Å²) in [6.45, 7) is 2.73. The number of anilines is 1. The topological polar surface area (TPSA) is 65.4 Å². The highest BCUT2D eigenvalue weighted by Crippen LogP contribution is 2.28. The van der Waals surface area contributed by atoms with Crippen LogP contribution in [0.1, 0.15) is 30.1 Å². The molecule has 140 valence electrons. The maximum Gasteiger partial charge on any atom is 0.255 e. The van der Waals surface area contributed by atoms with Gasteiger partial charge in [0.15, 0.2) is 11.5 Å². The molecule has 0 aliphatic rings. The molecule has 0 spiro atoms. The second-order valence-electron chi connectivity index (χ2n) is 6.04. The first-order chi connectivity index (χ1) is 13.2. The zero-order valence-electron chi connectivity index (χ0n) is 15.5. The van der Waals surface area contributed by atoms with Gasteiger partial charge in [-0.2, -0.15) is 0 Å². The monoisotopic (exact) mass is 365 g/mol. The van der Waals surface area contributed by atoms with E-state index in [9.17, 15) is 4.79 Å². The third kappa shape index (κ3) is 4.67. The van der Waals surface area contributed by atoms with E-state index in [1.807, 2.05) is 35.0 Å². The maximum absolute atomic E-state index is 12.5. The lowest BCUT2D eigenvalue weighted by atomic mass is 10.1. The molecule has 0 bridgehead atoms. The first-order valence-electron chi connectivity index (χ1n) is 8.92. The number of nitrogens with zero attached hydrogens (tertiary/aromatic N) is 2. The number of carbonyl (C=O) groups is 1. The fraction of sp³-hybridized carbons (Fsp3) is 0.238. The number of imidazole rings is 1. The van der Waals surface area contributed by atoms with E-state index >= 15 is 0 Å². The van der Waals surface area contributed by atoms with Crippen molar-refractivity contribution in [2.24, 2.45) is 0 Å². The number of aromatic nitrogens is 2. The van der Waals surface area contributed by atoms with E-state index in [0.717, 1.165) is 18.5 Å². The number of ether oxygens (including phenoxy) is 2. The molecule has 0 aliphatic heterocycles. The van der Waals surface area contributed by atoms with Gasteiger partial charge < -0.3 is 19.4 Å². The number of methoxy groups -OCH3 is 1. The number of rotatable bonds is 8. The van der Waals surface area contributed by atoms with Gasteiger partial charge in [0, 0.05) is 29.3 Å². The Balaban J connectivity index is 1.68. The molecule has 3 rings (SSSR count). The number of benzene rings is 2. The van der Waals surface area contributed by atoms with E-state index in [0.29, 0.717) is 29.4 Å².